The van der Waals surface area contributed by atoms with Crippen molar-refractivity contribution in [2.75, 3.05) is 13.1 Å². The Morgan fingerprint density at radius 2 is 2.04 bits per heavy atom. The van der Waals surface area contributed by atoms with Crippen LogP contribution >= 0.6 is 24.0 Å². The first-order valence-corrected chi connectivity index (χ1v) is 9.26. The van der Waals surface area contributed by atoms with Gasteiger partial charge in [-0.25, -0.2) is 0 Å². The summed E-state index contributed by atoms with van der Waals surface area (Å²) in [5.74, 6) is 2.85. The molecule has 1 aromatic rings. The molecule has 0 atom stereocenters. The molecule has 2 heterocycles. The van der Waals surface area contributed by atoms with Crippen LogP contribution in [0.3, 0.4) is 0 Å². The first-order chi connectivity index (χ1) is 11.3. The highest BCUT2D eigenvalue weighted by atomic mass is 127. The first-order valence-electron chi connectivity index (χ1n) is 9.26. The summed E-state index contributed by atoms with van der Waals surface area (Å²) in [6.45, 7) is 4.96. The molecule has 138 valence electrons. The molecule has 3 N–H and O–H groups in total. The molecule has 1 aliphatic rings. The van der Waals surface area contributed by atoms with Gasteiger partial charge >= 0.3 is 0 Å². The van der Waals surface area contributed by atoms with Gasteiger partial charge in [-0.1, -0.05) is 32.6 Å². The highest BCUT2D eigenvalue weighted by molar-refractivity contribution is 14.0. The van der Waals surface area contributed by atoms with E-state index in [1.165, 1.54) is 38.5 Å². The Hall–Kier alpha value is -0.860. The van der Waals surface area contributed by atoms with E-state index in [2.05, 4.69) is 32.0 Å². The quantitative estimate of drug-likeness (QED) is 0.263. The van der Waals surface area contributed by atoms with Crippen LogP contribution in [0.5, 0.6) is 0 Å². The molecule has 0 aromatic carbocycles. The van der Waals surface area contributed by atoms with Crippen LogP contribution in [0.25, 0.3) is 0 Å². The van der Waals surface area contributed by atoms with Crippen LogP contribution in [-0.2, 0) is 19.4 Å². The van der Waals surface area contributed by atoms with E-state index < -0.39 is 0 Å². The lowest BCUT2D eigenvalue weighted by Crippen LogP contribution is -2.32. The first kappa shape index (κ1) is 21.2. The zero-order chi connectivity index (χ0) is 16.3. The van der Waals surface area contributed by atoms with Crippen molar-refractivity contribution in [3.63, 3.8) is 0 Å². The molecule has 0 spiro atoms. The number of halogens is 1. The molecule has 6 nitrogen and oxygen atoms in total. The molecule has 1 aromatic heterocycles. The number of unbranched alkanes of at least 4 members (excludes halogenated alkanes) is 3. The van der Waals surface area contributed by atoms with Crippen molar-refractivity contribution in [2.24, 2.45) is 10.7 Å². The lowest BCUT2D eigenvalue weighted by Gasteiger charge is -2.07. The zero-order valence-electron chi connectivity index (χ0n) is 15.0. The topological polar surface area (TPSA) is 81.1 Å². The Morgan fingerprint density at radius 1 is 1.17 bits per heavy atom. The minimum atomic E-state index is 0. The van der Waals surface area contributed by atoms with Crippen LogP contribution in [-0.4, -0.2) is 33.8 Å². The van der Waals surface area contributed by atoms with Gasteiger partial charge in [-0.15, -0.1) is 34.2 Å². The summed E-state index contributed by atoms with van der Waals surface area (Å²) in [5.41, 5.74) is 5.89. The summed E-state index contributed by atoms with van der Waals surface area (Å²) < 4.78 is 2.31. The Bertz CT molecular complexity index is 485. The van der Waals surface area contributed by atoms with Gasteiger partial charge in [0.1, 0.15) is 11.6 Å². The molecule has 0 aliphatic carbocycles. The fourth-order valence-corrected chi connectivity index (χ4v) is 2.99. The van der Waals surface area contributed by atoms with Gasteiger partial charge in [-0.3, -0.25) is 4.99 Å². The third-order valence-electron chi connectivity index (χ3n) is 4.36. The second-order valence-electron chi connectivity index (χ2n) is 6.35. The smallest absolute Gasteiger partial charge is 0.188 e. The molecule has 7 heteroatoms. The van der Waals surface area contributed by atoms with Gasteiger partial charge in [-0.05, 0) is 25.7 Å². The summed E-state index contributed by atoms with van der Waals surface area (Å²) in [6.07, 6.45) is 11.7. The summed E-state index contributed by atoms with van der Waals surface area (Å²) in [5, 5.41) is 11.9. The number of aryl methyl sites for hydroxylation is 2. The third kappa shape index (κ3) is 7.36. The number of fused-ring (bicyclic) bond motifs is 1. The van der Waals surface area contributed by atoms with Crippen LogP contribution in [0, 0.1) is 0 Å². The highest BCUT2D eigenvalue weighted by Crippen LogP contribution is 2.15. The highest BCUT2D eigenvalue weighted by Gasteiger charge is 2.13. The molecule has 0 bridgehead atoms. The van der Waals surface area contributed by atoms with E-state index in [9.17, 15) is 0 Å². The van der Waals surface area contributed by atoms with Crippen molar-refractivity contribution >= 4 is 29.9 Å². The van der Waals surface area contributed by atoms with Gasteiger partial charge in [0.15, 0.2) is 5.96 Å². The largest absolute Gasteiger partial charge is 0.370 e. The van der Waals surface area contributed by atoms with E-state index in [-0.39, 0.29) is 24.0 Å². The maximum Gasteiger partial charge on any atom is 0.188 e. The van der Waals surface area contributed by atoms with Crippen LogP contribution in [0.15, 0.2) is 4.99 Å². The summed E-state index contributed by atoms with van der Waals surface area (Å²) >= 11 is 0. The fourth-order valence-electron chi connectivity index (χ4n) is 2.99. The summed E-state index contributed by atoms with van der Waals surface area (Å²) in [6, 6.07) is 0. The van der Waals surface area contributed by atoms with Gasteiger partial charge in [0, 0.05) is 32.5 Å². The van der Waals surface area contributed by atoms with Crippen molar-refractivity contribution < 1.29 is 0 Å². The van der Waals surface area contributed by atoms with Crippen molar-refractivity contribution in [1.29, 1.82) is 0 Å². The van der Waals surface area contributed by atoms with Crippen LogP contribution < -0.4 is 11.1 Å². The maximum atomic E-state index is 5.89. The van der Waals surface area contributed by atoms with Crippen LogP contribution in [0.1, 0.15) is 69.9 Å². The molecule has 0 saturated carbocycles. The minimum Gasteiger partial charge on any atom is -0.370 e. The molecule has 24 heavy (non-hydrogen) atoms. The molecule has 1 aliphatic heterocycles. The molecule has 0 fully saturated rings. The van der Waals surface area contributed by atoms with Crippen LogP contribution in [0.4, 0.5) is 0 Å². The van der Waals surface area contributed by atoms with Gasteiger partial charge in [-0.2, -0.15) is 0 Å². The van der Waals surface area contributed by atoms with Gasteiger partial charge in [0.25, 0.3) is 0 Å². The molecule has 0 radical (unpaired) electrons. The average molecular weight is 448 g/mol. The normalized spacial score (nSPS) is 14.6. The molecule has 0 saturated heterocycles. The average Bonchev–Trinajstić information content (AvgIpc) is 2.78. The van der Waals surface area contributed by atoms with E-state index >= 15 is 0 Å². The number of nitrogens with two attached hydrogens (primary N) is 1. The van der Waals surface area contributed by atoms with Crippen molar-refractivity contribution in [3.05, 3.63) is 11.6 Å². The minimum absolute atomic E-state index is 0. The molecular formula is C17H33IN6. The predicted molar refractivity (Wildman–Crippen MR) is 110 cm³/mol. The number of hydrogen-bond donors (Lipinski definition) is 2. The zero-order valence-corrected chi connectivity index (χ0v) is 17.3. The lowest BCUT2D eigenvalue weighted by atomic mass is 10.2. The number of rotatable bonds is 9. The maximum absolute atomic E-state index is 5.89. The molecule has 0 unspecified atom stereocenters. The van der Waals surface area contributed by atoms with Crippen molar-refractivity contribution in [3.8, 4) is 0 Å². The number of nitrogens with zero attached hydrogens (tertiary/aromatic N) is 4. The summed E-state index contributed by atoms with van der Waals surface area (Å²) in [4.78, 5) is 4.40. The van der Waals surface area contributed by atoms with Gasteiger partial charge in [0.05, 0.1) is 0 Å². The van der Waals surface area contributed by atoms with Crippen LogP contribution in [0.2, 0.25) is 0 Å². The van der Waals surface area contributed by atoms with Gasteiger partial charge < -0.3 is 15.6 Å². The van der Waals surface area contributed by atoms with Crippen molar-refractivity contribution in [1.82, 2.24) is 20.1 Å². The Kier molecular flexibility index (Phi) is 11.0. The van der Waals surface area contributed by atoms with E-state index in [0.717, 1.165) is 57.0 Å². The number of guanidine groups is 1. The fraction of sp³-hybridized carbons (Fsp3) is 0.824. The molecular weight excluding hydrogens is 415 g/mol. The third-order valence-corrected chi connectivity index (χ3v) is 4.36. The number of aromatic nitrogens is 3. The number of aliphatic imine (C=N–C) groups is 1. The lowest BCUT2D eigenvalue weighted by molar-refractivity contribution is 0.597. The van der Waals surface area contributed by atoms with E-state index in [0.29, 0.717) is 5.96 Å². The second kappa shape index (κ2) is 12.5. The number of hydrogen-bond acceptors (Lipinski definition) is 3. The monoisotopic (exact) mass is 448 g/mol. The Morgan fingerprint density at radius 3 is 2.88 bits per heavy atom. The summed E-state index contributed by atoms with van der Waals surface area (Å²) in [7, 11) is 0. The standard InChI is InChI=1S/C17H32N6.HI/c1-2-3-4-7-12-19-17(18)20-13-9-11-16-22-21-15-10-6-5-8-14-23(15)16;/h2-14H2,1H3,(H3,18,19,20);1H. The molecule has 0 amide bonds. The SMILES string of the molecule is CCCCCCNC(N)=NCCCc1nnc2n1CCCCC2.I. The van der Waals surface area contributed by atoms with E-state index in [1.54, 1.807) is 0 Å². The Labute approximate surface area is 163 Å². The van der Waals surface area contributed by atoms with Crippen molar-refractivity contribution in [2.45, 2.75) is 77.7 Å². The Balaban J connectivity index is 0.00000288. The number of nitrogens with one attached hydrogen (secondary N) is 1. The van der Waals surface area contributed by atoms with Gasteiger partial charge in [0.2, 0.25) is 0 Å². The van der Waals surface area contributed by atoms with E-state index in [4.69, 9.17) is 5.73 Å². The van der Waals surface area contributed by atoms with E-state index in [1.807, 2.05) is 0 Å². The predicted octanol–water partition coefficient (Wildman–Crippen LogP) is 3.04. The molecule has 2 rings (SSSR count). The second-order valence-corrected chi connectivity index (χ2v) is 6.35.